The molecule has 3 aromatic rings. The smallest absolute Gasteiger partial charge is 0.135 e. The summed E-state index contributed by atoms with van der Waals surface area (Å²) in [6, 6.07) is 17.1. The summed E-state index contributed by atoms with van der Waals surface area (Å²) in [5.41, 5.74) is 2.95. The molecule has 0 aliphatic carbocycles. The SMILES string of the molecule is Fc1ccccc1CCNc1cc(Nc2ccc(N3CCCC3)cc2)ncn1. The molecule has 1 fully saturated rings. The second-order valence-electron chi connectivity index (χ2n) is 6.92. The lowest BCUT2D eigenvalue weighted by atomic mass is 10.1. The number of hydrogen-bond acceptors (Lipinski definition) is 5. The van der Waals surface area contributed by atoms with Crippen molar-refractivity contribution in [2.45, 2.75) is 19.3 Å². The maximum Gasteiger partial charge on any atom is 0.135 e. The molecule has 2 aromatic carbocycles. The van der Waals surface area contributed by atoms with E-state index in [9.17, 15) is 4.39 Å². The Bertz CT molecular complexity index is 907. The number of nitrogens with zero attached hydrogens (tertiary/aromatic N) is 3. The first-order valence-electron chi connectivity index (χ1n) is 9.69. The van der Waals surface area contributed by atoms with E-state index in [1.54, 1.807) is 12.1 Å². The predicted octanol–water partition coefficient (Wildman–Crippen LogP) is 4.61. The summed E-state index contributed by atoms with van der Waals surface area (Å²) in [6.45, 7) is 2.88. The molecule has 6 heteroatoms. The summed E-state index contributed by atoms with van der Waals surface area (Å²) in [7, 11) is 0. The van der Waals surface area contributed by atoms with E-state index in [0.717, 1.165) is 24.6 Å². The monoisotopic (exact) mass is 377 g/mol. The Hall–Kier alpha value is -3.15. The third-order valence-electron chi connectivity index (χ3n) is 4.94. The largest absolute Gasteiger partial charge is 0.372 e. The average molecular weight is 377 g/mol. The van der Waals surface area contributed by atoms with E-state index < -0.39 is 0 Å². The summed E-state index contributed by atoms with van der Waals surface area (Å²) in [6.07, 6.45) is 4.66. The zero-order valence-electron chi connectivity index (χ0n) is 15.7. The molecule has 144 valence electrons. The van der Waals surface area contributed by atoms with Gasteiger partial charge in [-0.2, -0.15) is 0 Å². The number of aromatic nitrogens is 2. The first-order chi connectivity index (χ1) is 13.8. The van der Waals surface area contributed by atoms with Gasteiger partial charge in [-0.1, -0.05) is 18.2 Å². The fraction of sp³-hybridized carbons (Fsp3) is 0.273. The van der Waals surface area contributed by atoms with Crippen LogP contribution in [0, 0.1) is 5.82 Å². The summed E-state index contributed by atoms with van der Waals surface area (Å²) < 4.78 is 13.7. The van der Waals surface area contributed by atoms with Crippen molar-refractivity contribution in [1.29, 1.82) is 0 Å². The second kappa shape index (κ2) is 8.69. The van der Waals surface area contributed by atoms with Crippen LogP contribution in [-0.4, -0.2) is 29.6 Å². The minimum Gasteiger partial charge on any atom is -0.372 e. The van der Waals surface area contributed by atoms with E-state index in [1.165, 1.54) is 30.9 Å². The lowest BCUT2D eigenvalue weighted by Crippen LogP contribution is -2.17. The van der Waals surface area contributed by atoms with Gasteiger partial charge in [-0.15, -0.1) is 0 Å². The fourth-order valence-electron chi connectivity index (χ4n) is 3.43. The van der Waals surface area contributed by atoms with Crippen LogP contribution in [0.3, 0.4) is 0 Å². The highest BCUT2D eigenvalue weighted by atomic mass is 19.1. The van der Waals surface area contributed by atoms with E-state index in [0.29, 0.717) is 24.3 Å². The zero-order valence-corrected chi connectivity index (χ0v) is 15.7. The lowest BCUT2D eigenvalue weighted by molar-refractivity contribution is 0.610. The third-order valence-corrected chi connectivity index (χ3v) is 4.94. The molecule has 0 unspecified atom stereocenters. The Balaban J connectivity index is 1.33. The van der Waals surface area contributed by atoms with Crippen molar-refractivity contribution >= 4 is 23.0 Å². The van der Waals surface area contributed by atoms with Crippen LogP contribution in [0.5, 0.6) is 0 Å². The van der Waals surface area contributed by atoms with Crippen LogP contribution in [-0.2, 0) is 6.42 Å². The summed E-state index contributed by atoms with van der Waals surface area (Å²) >= 11 is 0. The Morgan fingerprint density at radius 2 is 1.68 bits per heavy atom. The molecule has 28 heavy (non-hydrogen) atoms. The molecule has 5 nitrogen and oxygen atoms in total. The number of halogens is 1. The van der Waals surface area contributed by atoms with Crippen LogP contribution < -0.4 is 15.5 Å². The molecular formula is C22H24FN5. The predicted molar refractivity (Wildman–Crippen MR) is 112 cm³/mol. The van der Waals surface area contributed by atoms with E-state index in [-0.39, 0.29) is 5.82 Å². The average Bonchev–Trinajstić information content (AvgIpc) is 3.25. The van der Waals surface area contributed by atoms with Gasteiger partial charge >= 0.3 is 0 Å². The van der Waals surface area contributed by atoms with Gasteiger partial charge in [0.2, 0.25) is 0 Å². The Labute approximate surface area is 164 Å². The normalized spacial score (nSPS) is 13.5. The molecule has 0 bridgehead atoms. The van der Waals surface area contributed by atoms with E-state index in [2.05, 4.69) is 49.8 Å². The first-order valence-corrected chi connectivity index (χ1v) is 9.69. The second-order valence-corrected chi connectivity index (χ2v) is 6.92. The molecule has 0 spiro atoms. The van der Waals surface area contributed by atoms with Gasteiger partial charge in [0.1, 0.15) is 23.8 Å². The van der Waals surface area contributed by atoms with E-state index in [4.69, 9.17) is 0 Å². The van der Waals surface area contributed by atoms with Crippen LogP contribution in [0.1, 0.15) is 18.4 Å². The molecule has 1 aliphatic rings. The van der Waals surface area contributed by atoms with Crippen molar-refractivity contribution in [3.63, 3.8) is 0 Å². The van der Waals surface area contributed by atoms with Gasteiger partial charge in [-0.3, -0.25) is 0 Å². The van der Waals surface area contributed by atoms with Crippen LogP contribution in [0.25, 0.3) is 0 Å². The topological polar surface area (TPSA) is 53.1 Å². The van der Waals surface area contributed by atoms with Crippen molar-refractivity contribution in [3.05, 3.63) is 72.3 Å². The maximum atomic E-state index is 13.7. The minimum absolute atomic E-state index is 0.174. The van der Waals surface area contributed by atoms with Gasteiger partial charge in [-0.25, -0.2) is 14.4 Å². The van der Waals surface area contributed by atoms with Gasteiger partial charge in [0.25, 0.3) is 0 Å². The van der Waals surface area contributed by atoms with Gasteiger partial charge in [-0.05, 0) is 55.2 Å². The number of anilines is 4. The molecule has 0 radical (unpaired) electrons. The van der Waals surface area contributed by atoms with E-state index in [1.807, 2.05) is 12.1 Å². The Kier molecular flexibility index (Phi) is 5.66. The van der Waals surface area contributed by atoms with Gasteiger partial charge in [0.05, 0.1) is 0 Å². The van der Waals surface area contributed by atoms with Crippen LogP contribution in [0.4, 0.5) is 27.4 Å². The Morgan fingerprint density at radius 3 is 2.46 bits per heavy atom. The highest BCUT2D eigenvalue weighted by molar-refractivity contribution is 5.62. The number of nitrogens with one attached hydrogen (secondary N) is 2. The van der Waals surface area contributed by atoms with Crippen molar-refractivity contribution in [3.8, 4) is 0 Å². The van der Waals surface area contributed by atoms with Gasteiger partial charge in [0, 0.05) is 37.1 Å². The molecule has 0 amide bonds. The number of rotatable bonds is 7. The molecule has 1 aliphatic heterocycles. The van der Waals surface area contributed by atoms with Gasteiger partial charge < -0.3 is 15.5 Å². The number of hydrogen-bond donors (Lipinski definition) is 2. The molecule has 1 saturated heterocycles. The van der Waals surface area contributed by atoms with Crippen molar-refractivity contribution in [1.82, 2.24) is 9.97 Å². The van der Waals surface area contributed by atoms with E-state index >= 15 is 0 Å². The van der Waals surface area contributed by atoms with Gasteiger partial charge in [0.15, 0.2) is 0 Å². The lowest BCUT2D eigenvalue weighted by Gasteiger charge is -2.18. The molecular weight excluding hydrogens is 353 g/mol. The Morgan fingerprint density at radius 1 is 0.929 bits per heavy atom. The third kappa shape index (κ3) is 4.57. The minimum atomic E-state index is -0.174. The maximum absolute atomic E-state index is 13.7. The molecule has 4 rings (SSSR count). The van der Waals surface area contributed by atoms with Crippen LogP contribution >= 0.6 is 0 Å². The standard InChI is InChI=1S/C22H24FN5/c23-20-6-2-1-5-17(20)11-12-24-21-15-22(26-16-25-21)27-18-7-9-19(10-8-18)28-13-3-4-14-28/h1-2,5-10,15-16H,3-4,11-14H2,(H2,24,25,26,27). The van der Waals surface area contributed by atoms with Crippen molar-refractivity contribution < 1.29 is 4.39 Å². The van der Waals surface area contributed by atoms with Crippen LogP contribution in [0.15, 0.2) is 60.9 Å². The highest BCUT2D eigenvalue weighted by Crippen LogP contribution is 2.23. The first kappa shape index (κ1) is 18.2. The molecule has 1 aromatic heterocycles. The van der Waals surface area contributed by atoms with Crippen LogP contribution in [0.2, 0.25) is 0 Å². The number of benzene rings is 2. The summed E-state index contributed by atoms with van der Waals surface area (Å²) in [5.74, 6) is 1.26. The summed E-state index contributed by atoms with van der Waals surface area (Å²) in [5, 5.41) is 6.54. The fourth-order valence-corrected chi connectivity index (χ4v) is 3.43. The van der Waals surface area contributed by atoms with Crippen molar-refractivity contribution in [2.75, 3.05) is 35.2 Å². The zero-order chi connectivity index (χ0) is 19.2. The quantitative estimate of drug-likeness (QED) is 0.630. The molecule has 2 heterocycles. The molecule has 0 atom stereocenters. The molecule has 2 N–H and O–H groups in total. The van der Waals surface area contributed by atoms with Crippen molar-refractivity contribution in [2.24, 2.45) is 0 Å². The molecule has 0 saturated carbocycles. The highest BCUT2D eigenvalue weighted by Gasteiger charge is 2.11. The summed E-state index contributed by atoms with van der Waals surface area (Å²) in [4.78, 5) is 10.9.